The molecule has 0 spiro atoms. The second-order valence-corrected chi connectivity index (χ2v) is 10.7. The molecule has 0 saturated heterocycles. The summed E-state index contributed by atoms with van der Waals surface area (Å²) in [5, 5.41) is 9.69. The summed E-state index contributed by atoms with van der Waals surface area (Å²) in [5.41, 5.74) is 4.85. The first-order valence-corrected chi connectivity index (χ1v) is 13.2. The molecule has 0 saturated carbocycles. The van der Waals surface area contributed by atoms with Crippen molar-refractivity contribution in [3.63, 3.8) is 0 Å². The van der Waals surface area contributed by atoms with Gasteiger partial charge in [0, 0.05) is 6.42 Å². The van der Waals surface area contributed by atoms with Gasteiger partial charge in [-0.05, 0) is 47.5 Å². The van der Waals surface area contributed by atoms with E-state index in [0.29, 0.717) is 28.3 Å². The van der Waals surface area contributed by atoms with Crippen molar-refractivity contribution >= 4 is 26.9 Å². The quantitative estimate of drug-likeness (QED) is 0.199. The van der Waals surface area contributed by atoms with Crippen LogP contribution in [0.15, 0.2) is 100 Å². The molecule has 0 unspecified atom stereocenters. The number of rotatable bonds is 11. The summed E-state index contributed by atoms with van der Waals surface area (Å²) < 4.78 is 31.0. The minimum Gasteiger partial charge on any atom is -0.494 e. The fraction of sp³-hybridized carbons (Fsp3) is 0.115. The zero-order chi connectivity index (χ0) is 25.5. The Kier molecular flexibility index (Phi) is 7.89. The van der Waals surface area contributed by atoms with Crippen LogP contribution in [-0.4, -0.2) is 31.7 Å². The van der Waals surface area contributed by atoms with Crippen LogP contribution in [0.1, 0.15) is 16.0 Å². The Hall–Kier alpha value is -3.86. The maximum Gasteiger partial charge on any atom is 0.307 e. The van der Waals surface area contributed by atoms with Crippen LogP contribution in [0.2, 0.25) is 0 Å². The summed E-state index contributed by atoms with van der Waals surface area (Å²) in [6, 6.07) is 22.0. The van der Waals surface area contributed by atoms with E-state index >= 15 is 0 Å². The molecule has 0 fully saturated rings. The first-order valence-electron chi connectivity index (χ1n) is 10.9. The molecule has 0 bridgehead atoms. The molecule has 3 N–H and O–H groups in total. The third-order valence-electron chi connectivity index (χ3n) is 5.20. The standard InChI is InChI=1S/C26H24N2O6S2/c1-18(20-9-13-23(14-10-20)36(31,32)22-5-3-2-4-6-22)28-34-16-15-33-21-11-7-19(8-12-21)17-24-25(29)27-26(30)35-24/h2-14,28-29H,1,15-17H2,(H,27,30). The first-order chi connectivity index (χ1) is 17.3. The second-order valence-electron chi connectivity index (χ2n) is 7.73. The number of thiazole rings is 1. The fourth-order valence-corrected chi connectivity index (χ4v) is 5.37. The third kappa shape index (κ3) is 6.22. The number of nitrogens with one attached hydrogen (secondary N) is 2. The van der Waals surface area contributed by atoms with Crippen LogP contribution in [-0.2, 0) is 21.1 Å². The smallest absolute Gasteiger partial charge is 0.307 e. The van der Waals surface area contributed by atoms with E-state index in [9.17, 15) is 18.3 Å². The van der Waals surface area contributed by atoms with Gasteiger partial charge < -0.3 is 9.84 Å². The number of H-pyrrole nitrogens is 1. The van der Waals surface area contributed by atoms with Gasteiger partial charge in [0.1, 0.15) is 19.0 Å². The highest BCUT2D eigenvalue weighted by atomic mass is 32.2. The maximum atomic E-state index is 12.7. The lowest BCUT2D eigenvalue weighted by Gasteiger charge is -2.12. The zero-order valence-corrected chi connectivity index (χ0v) is 20.8. The summed E-state index contributed by atoms with van der Waals surface area (Å²) in [6.07, 6.45) is 0.448. The molecule has 4 aromatic rings. The molecule has 186 valence electrons. The highest BCUT2D eigenvalue weighted by Gasteiger charge is 2.17. The van der Waals surface area contributed by atoms with Crippen molar-refractivity contribution < 1.29 is 23.1 Å². The largest absolute Gasteiger partial charge is 0.494 e. The van der Waals surface area contributed by atoms with Crippen LogP contribution in [0, 0.1) is 0 Å². The third-order valence-corrected chi connectivity index (χ3v) is 7.86. The molecule has 0 aliphatic heterocycles. The lowest BCUT2D eigenvalue weighted by molar-refractivity contribution is 0.0541. The van der Waals surface area contributed by atoms with Gasteiger partial charge in [-0.15, -0.1) is 0 Å². The van der Waals surface area contributed by atoms with Crippen LogP contribution in [0.4, 0.5) is 0 Å². The normalized spacial score (nSPS) is 11.2. The second kappa shape index (κ2) is 11.3. The van der Waals surface area contributed by atoms with Gasteiger partial charge in [-0.25, -0.2) is 8.42 Å². The topological polar surface area (TPSA) is 118 Å². The predicted molar refractivity (Wildman–Crippen MR) is 138 cm³/mol. The zero-order valence-electron chi connectivity index (χ0n) is 19.1. The molecule has 0 radical (unpaired) electrons. The average molecular weight is 525 g/mol. The van der Waals surface area contributed by atoms with Gasteiger partial charge in [-0.3, -0.25) is 20.1 Å². The van der Waals surface area contributed by atoms with Gasteiger partial charge in [0.2, 0.25) is 15.7 Å². The van der Waals surface area contributed by atoms with Gasteiger partial charge in [0.05, 0.1) is 20.4 Å². The molecule has 0 aliphatic carbocycles. The van der Waals surface area contributed by atoms with Crippen molar-refractivity contribution in [1.29, 1.82) is 0 Å². The van der Waals surface area contributed by atoms with Crippen LogP contribution in [0.5, 0.6) is 11.6 Å². The molecule has 36 heavy (non-hydrogen) atoms. The summed E-state index contributed by atoms with van der Waals surface area (Å²) in [6.45, 7) is 4.45. The number of hydroxylamine groups is 1. The lowest BCUT2D eigenvalue weighted by atomic mass is 10.1. The van der Waals surface area contributed by atoms with E-state index in [1.165, 1.54) is 12.1 Å². The number of aromatic hydroxyl groups is 1. The number of benzene rings is 3. The number of sulfone groups is 1. The van der Waals surface area contributed by atoms with E-state index in [1.54, 1.807) is 54.6 Å². The van der Waals surface area contributed by atoms with Crippen LogP contribution >= 0.6 is 11.3 Å². The van der Waals surface area contributed by atoms with Crippen molar-refractivity contribution in [3.05, 3.63) is 111 Å². The Morgan fingerprint density at radius 2 is 1.61 bits per heavy atom. The molecule has 0 atom stereocenters. The summed E-state index contributed by atoms with van der Waals surface area (Å²) in [4.78, 5) is 19.8. The highest BCUT2D eigenvalue weighted by molar-refractivity contribution is 7.91. The lowest BCUT2D eigenvalue weighted by Crippen LogP contribution is -2.17. The molecule has 10 heteroatoms. The van der Waals surface area contributed by atoms with Crippen molar-refractivity contribution in [2.24, 2.45) is 0 Å². The average Bonchev–Trinajstić information content (AvgIpc) is 3.21. The monoisotopic (exact) mass is 524 g/mol. The van der Waals surface area contributed by atoms with Crippen LogP contribution in [0.3, 0.4) is 0 Å². The molecule has 3 aromatic carbocycles. The van der Waals surface area contributed by atoms with E-state index in [-0.39, 0.29) is 33.8 Å². The number of aromatic nitrogens is 1. The van der Waals surface area contributed by atoms with Crippen LogP contribution in [0.25, 0.3) is 5.70 Å². The Labute approximate surface area is 212 Å². The van der Waals surface area contributed by atoms with Crippen molar-refractivity contribution in [2.75, 3.05) is 13.2 Å². The van der Waals surface area contributed by atoms with Crippen molar-refractivity contribution in [1.82, 2.24) is 10.5 Å². The van der Waals surface area contributed by atoms with Gasteiger partial charge in [0.15, 0.2) is 0 Å². The van der Waals surface area contributed by atoms with Gasteiger partial charge >= 0.3 is 4.87 Å². The maximum absolute atomic E-state index is 12.7. The van der Waals surface area contributed by atoms with E-state index in [2.05, 4.69) is 17.0 Å². The summed E-state index contributed by atoms with van der Waals surface area (Å²) in [5.74, 6) is 0.563. The molecule has 1 heterocycles. The number of aromatic amines is 1. The van der Waals surface area contributed by atoms with Gasteiger partial charge in [0.25, 0.3) is 0 Å². The molecule has 0 aliphatic rings. The van der Waals surface area contributed by atoms with Crippen LogP contribution < -0.4 is 15.1 Å². The van der Waals surface area contributed by atoms with E-state index in [0.717, 1.165) is 16.9 Å². The molecule has 8 nitrogen and oxygen atoms in total. The number of hydrogen-bond donors (Lipinski definition) is 3. The number of ether oxygens (including phenoxy) is 1. The predicted octanol–water partition coefficient (Wildman–Crippen LogP) is 4.14. The first kappa shape index (κ1) is 25.2. The SMILES string of the molecule is C=C(NOCCOc1ccc(Cc2sc(=O)[nH]c2O)cc1)c1ccc(S(=O)(=O)c2ccccc2)cc1. The minimum absolute atomic E-state index is 0.0928. The van der Waals surface area contributed by atoms with E-state index in [1.807, 2.05) is 12.1 Å². The molecular formula is C26H24N2O6S2. The van der Waals surface area contributed by atoms with Crippen molar-refractivity contribution in [2.45, 2.75) is 16.2 Å². The Morgan fingerprint density at radius 1 is 0.944 bits per heavy atom. The Bertz CT molecular complexity index is 1480. The molecule has 4 rings (SSSR count). The highest BCUT2D eigenvalue weighted by Crippen LogP contribution is 2.23. The Morgan fingerprint density at radius 3 is 2.25 bits per heavy atom. The van der Waals surface area contributed by atoms with E-state index in [4.69, 9.17) is 9.57 Å². The molecule has 1 aromatic heterocycles. The Balaban J connectivity index is 1.21. The number of hydrogen-bond acceptors (Lipinski definition) is 8. The van der Waals surface area contributed by atoms with E-state index < -0.39 is 9.84 Å². The molecular weight excluding hydrogens is 500 g/mol. The summed E-state index contributed by atoms with van der Waals surface area (Å²) >= 11 is 0.984. The molecule has 0 amide bonds. The summed E-state index contributed by atoms with van der Waals surface area (Å²) in [7, 11) is -3.57. The van der Waals surface area contributed by atoms with Gasteiger partial charge in [-0.2, -0.15) is 0 Å². The van der Waals surface area contributed by atoms with Crippen molar-refractivity contribution in [3.8, 4) is 11.6 Å². The fourth-order valence-electron chi connectivity index (χ4n) is 3.33. The minimum atomic E-state index is -3.57. The van der Waals surface area contributed by atoms with Gasteiger partial charge in [-0.1, -0.05) is 60.4 Å².